The molecule has 1 aliphatic heterocycles. The summed E-state index contributed by atoms with van der Waals surface area (Å²) in [6.45, 7) is 0. The van der Waals surface area contributed by atoms with Crippen LogP contribution in [0.15, 0.2) is 24.3 Å². The van der Waals surface area contributed by atoms with E-state index in [-0.39, 0.29) is 5.56 Å². The minimum atomic E-state index is -0.993. The summed E-state index contributed by atoms with van der Waals surface area (Å²) in [5.41, 5.74) is 0.670. The summed E-state index contributed by atoms with van der Waals surface area (Å²) < 4.78 is 0. The van der Waals surface area contributed by atoms with Crippen molar-refractivity contribution in [1.82, 2.24) is 0 Å². The molecular formula is C12H13NO5. The van der Waals surface area contributed by atoms with Crippen LogP contribution in [-0.4, -0.2) is 17.4 Å². The fourth-order valence-corrected chi connectivity index (χ4v) is 1.94. The van der Waals surface area contributed by atoms with Gasteiger partial charge in [0.2, 0.25) is 6.29 Å². The molecule has 0 amide bonds. The highest BCUT2D eigenvalue weighted by molar-refractivity contribution is 5.88. The summed E-state index contributed by atoms with van der Waals surface area (Å²) >= 11 is 0. The lowest BCUT2D eigenvalue weighted by molar-refractivity contribution is -0.297. The Bertz CT molecular complexity index is 460. The van der Waals surface area contributed by atoms with Crippen LogP contribution in [0.4, 0.5) is 5.69 Å². The van der Waals surface area contributed by atoms with E-state index in [1.165, 1.54) is 18.6 Å². The van der Waals surface area contributed by atoms with E-state index in [1.807, 2.05) is 0 Å². The molecule has 0 aromatic heterocycles. The van der Waals surface area contributed by atoms with Crippen LogP contribution in [0.2, 0.25) is 0 Å². The maximum absolute atomic E-state index is 10.9. The topological polar surface area (TPSA) is 68.2 Å². The molecule has 96 valence electrons. The van der Waals surface area contributed by atoms with Gasteiger partial charge in [-0.1, -0.05) is 22.7 Å². The largest absolute Gasteiger partial charge is 0.478 e. The monoisotopic (exact) mass is 251 g/mol. The van der Waals surface area contributed by atoms with Gasteiger partial charge in [-0.15, -0.1) is 0 Å². The van der Waals surface area contributed by atoms with Gasteiger partial charge in [-0.3, -0.25) is 0 Å². The Morgan fingerprint density at radius 1 is 1.39 bits per heavy atom. The maximum atomic E-state index is 10.9. The number of benzene rings is 1. The van der Waals surface area contributed by atoms with Crippen LogP contribution in [-0.2, 0) is 14.7 Å². The number of carboxylic acids is 1. The van der Waals surface area contributed by atoms with Gasteiger partial charge in [0, 0.05) is 5.92 Å². The van der Waals surface area contributed by atoms with Crippen molar-refractivity contribution in [2.75, 3.05) is 5.23 Å². The summed E-state index contributed by atoms with van der Waals surface area (Å²) in [5, 5.41) is 10.0. The quantitative estimate of drug-likeness (QED) is 0.830. The molecule has 0 radical (unpaired) electrons. The van der Waals surface area contributed by atoms with Gasteiger partial charge < -0.3 is 5.11 Å². The van der Waals surface area contributed by atoms with Crippen molar-refractivity contribution in [3.63, 3.8) is 0 Å². The molecule has 1 unspecified atom stereocenters. The summed E-state index contributed by atoms with van der Waals surface area (Å²) in [5.74, 6) is -0.634. The average molecular weight is 251 g/mol. The molecular weight excluding hydrogens is 238 g/mol. The Morgan fingerprint density at radius 2 is 2.22 bits per heavy atom. The Morgan fingerprint density at radius 3 is 2.89 bits per heavy atom. The first-order chi connectivity index (χ1) is 8.74. The van der Waals surface area contributed by atoms with E-state index in [0.29, 0.717) is 11.6 Å². The highest BCUT2D eigenvalue weighted by atomic mass is 17.4. The molecule has 6 heteroatoms. The van der Waals surface area contributed by atoms with Gasteiger partial charge in [-0.25, -0.2) is 9.63 Å². The van der Waals surface area contributed by atoms with E-state index in [9.17, 15) is 4.79 Å². The van der Waals surface area contributed by atoms with Crippen molar-refractivity contribution in [3.8, 4) is 0 Å². The number of carbonyl (C=O) groups is 1. The molecule has 0 bridgehead atoms. The molecule has 1 atom stereocenters. The third-order valence-corrected chi connectivity index (χ3v) is 3.24. The molecule has 2 fully saturated rings. The van der Waals surface area contributed by atoms with Crippen LogP contribution in [0, 0.1) is 5.92 Å². The molecule has 1 aromatic carbocycles. The summed E-state index contributed by atoms with van der Waals surface area (Å²) in [6.07, 6.45) is 2.92. The third-order valence-electron chi connectivity index (χ3n) is 3.24. The van der Waals surface area contributed by atoms with Crippen LogP contribution < -0.4 is 5.23 Å². The van der Waals surface area contributed by atoms with Crippen molar-refractivity contribution in [1.29, 1.82) is 0 Å². The second kappa shape index (κ2) is 4.56. The van der Waals surface area contributed by atoms with E-state index in [1.54, 1.807) is 12.1 Å². The third kappa shape index (κ3) is 2.05. The van der Waals surface area contributed by atoms with E-state index < -0.39 is 12.3 Å². The lowest BCUT2D eigenvalue weighted by atomic mass is 9.85. The number of aromatic carboxylic acids is 1. The van der Waals surface area contributed by atoms with Gasteiger partial charge in [0.1, 0.15) is 0 Å². The van der Waals surface area contributed by atoms with Gasteiger partial charge in [0.15, 0.2) is 0 Å². The number of hydrogen-bond donors (Lipinski definition) is 1. The molecule has 3 rings (SSSR count). The molecule has 6 nitrogen and oxygen atoms in total. The minimum absolute atomic E-state index is 0.173. The van der Waals surface area contributed by atoms with E-state index >= 15 is 0 Å². The zero-order chi connectivity index (χ0) is 12.5. The number of rotatable bonds is 3. The Labute approximate surface area is 104 Å². The van der Waals surface area contributed by atoms with Crippen molar-refractivity contribution < 1.29 is 24.6 Å². The van der Waals surface area contributed by atoms with Crippen LogP contribution in [0.5, 0.6) is 0 Å². The minimum Gasteiger partial charge on any atom is -0.478 e. The Kier molecular flexibility index (Phi) is 2.91. The van der Waals surface area contributed by atoms with E-state index in [0.717, 1.165) is 18.1 Å². The summed E-state index contributed by atoms with van der Waals surface area (Å²) in [7, 11) is 0. The first kappa shape index (κ1) is 11.5. The molecule has 1 saturated carbocycles. The predicted octanol–water partition coefficient (Wildman–Crippen LogP) is 2.13. The van der Waals surface area contributed by atoms with E-state index in [2.05, 4.69) is 0 Å². The first-order valence-electron chi connectivity index (χ1n) is 5.88. The summed E-state index contributed by atoms with van der Waals surface area (Å²) in [6, 6.07) is 6.29. The molecule has 0 spiro atoms. The Hall–Kier alpha value is -1.63. The Balaban J connectivity index is 1.71. The lowest BCUT2D eigenvalue weighted by Gasteiger charge is -2.27. The fourth-order valence-electron chi connectivity index (χ4n) is 1.94. The standard InChI is InChI=1S/C12H13NO5/c14-11(15)9-5-2-6-10(7-9)13-16-12(17-18-13)8-3-1-4-8/h2,5-8,12H,1,3-4H2,(H,14,15). The number of anilines is 1. The normalized spacial score (nSPS) is 24.0. The van der Waals surface area contributed by atoms with Gasteiger partial charge in [-0.2, -0.15) is 4.89 Å². The molecule has 2 aliphatic rings. The van der Waals surface area contributed by atoms with Crippen LogP contribution in [0.3, 0.4) is 0 Å². The average Bonchev–Trinajstić information content (AvgIpc) is 2.76. The second-order valence-electron chi connectivity index (χ2n) is 4.45. The van der Waals surface area contributed by atoms with Crippen LogP contribution in [0.25, 0.3) is 0 Å². The van der Waals surface area contributed by atoms with Crippen molar-refractivity contribution >= 4 is 11.7 Å². The smallest absolute Gasteiger partial charge is 0.335 e. The van der Waals surface area contributed by atoms with Gasteiger partial charge >= 0.3 is 5.97 Å². The molecule has 18 heavy (non-hydrogen) atoms. The number of carboxylic acid groups (broad SMARTS) is 1. The SMILES string of the molecule is O=C(O)c1cccc(N2OOC(C3CCC3)O2)c1. The zero-order valence-electron chi connectivity index (χ0n) is 9.61. The van der Waals surface area contributed by atoms with Gasteiger partial charge in [-0.05, 0) is 31.0 Å². The molecule has 1 N–H and O–H groups in total. The van der Waals surface area contributed by atoms with Crippen molar-refractivity contribution in [2.24, 2.45) is 5.92 Å². The van der Waals surface area contributed by atoms with Gasteiger partial charge in [0.05, 0.1) is 11.3 Å². The van der Waals surface area contributed by atoms with Crippen molar-refractivity contribution in [2.45, 2.75) is 25.6 Å². The maximum Gasteiger partial charge on any atom is 0.335 e. The lowest BCUT2D eigenvalue weighted by Crippen LogP contribution is -2.29. The number of nitrogens with zero attached hydrogens (tertiary/aromatic N) is 1. The zero-order valence-corrected chi connectivity index (χ0v) is 9.61. The van der Waals surface area contributed by atoms with Crippen molar-refractivity contribution in [3.05, 3.63) is 29.8 Å². The van der Waals surface area contributed by atoms with E-state index in [4.69, 9.17) is 19.8 Å². The molecule has 1 heterocycles. The molecule has 1 saturated heterocycles. The molecule has 1 aromatic rings. The highest BCUT2D eigenvalue weighted by Crippen LogP contribution is 2.36. The van der Waals surface area contributed by atoms with Crippen LogP contribution >= 0.6 is 0 Å². The molecule has 1 aliphatic carbocycles. The predicted molar refractivity (Wildman–Crippen MR) is 60.3 cm³/mol. The summed E-state index contributed by atoms with van der Waals surface area (Å²) in [4.78, 5) is 26.4. The van der Waals surface area contributed by atoms with Crippen LogP contribution in [0.1, 0.15) is 29.6 Å². The number of hydrogen-bond acceptors (Lipinski definition) is 5. The van der Waals surface area contributed by atoms with Gasteiger partial charge in [0.25, 0.3) is 0 Å². The highest BCUT2D eigenvalue weighted by Gasteiger charge is 2.37. The second-order valence-corrected chi connectivity index (χ2v) is 4.45. The first-order valence-corrected chi connectivity index (χ1v) is 5.88. The fraction of sp³-hybridized carbons (Fsp3) is 0.417.